The Morgan fingerprint density at radius 1 is 1.29 bits per heavy atom. The summed E-state index contributed by atoms with van der Waals surface area (Å²) in [7, 11) is 0. The zero-order valence-electron chi connectivity index (χ0n) is 10.0. The van der Waals surface area contributed by atoms with Crippen LogP contribution in [0.2, 0.25) is 0 Å². The molecular formula is C14H15NOS. The van der Waals surface area contributed by atoms with Gasteiger partial charge >= 0.3 is 0 Å². The minimum atomic E-state index is 0.523. The van der Waals surface area contributed by atoms with E-state index >= 15 is 0 Å². The van der Waals surface area contributed by atoms with Crippen molar-refractivity contribution in [2.45, 2.75) is 20.5 Å². The molecule has 0 fully saturated rings. The smallest absolute Gasteiger partial charge is 0.142 e. The molecule has 88 valence electrons. The molecule has 0 atom stereocenters. The Kier molecular flexibility index (Phi) is 3.94. The maximum absolute atomic E-state index is 5.30. The molecule has 2 nitrogen and oxygen atoms in total. The molecule has 0 aliphatic carbocycles. The molecule has 0 bridgehead atoms. The van der Waals surface area contributed by atoms with Crippen molar-refractivity contribution in [3.05, 3.63) is 57.3 Å². The average Bonchev–Trinajstić information content (AvgIpc) is 2.82. The summed E-state index contributed by atoms with van der Waals surface area (Å²) in [6.07, 6.45) is 1.75. The summed E-state index contributed by atoms with van der Waals surface area (Å²) >= 11 is 1.65. The molecule has 3 heteroatoms. The van der Waals surface area contributed by atoms with Gasteiger partial charge in [0, 0.05) is 4.88 Å². The van der Waals surface area contributed by atoms with E-state index in [1.54, 1.807) is 17.6 Å². The molecule has 0 N–H and O–H groups in total. The second-order valence-electron chi connectivity index (χ2n) is 3.95. The van der Waals surface area contributed by atoms with Crippen molar-refractivity contribution >= 4 is 17.6 Å². The summed E-state index contributed by atoms with van der Waals surface area (Å²) in [4.78, 5) is 6.41. The molecule has 0 radical (unpaired) electrons. The van der Waals surface area contributed by atoms with Crippen LogP contribution in [0.4, 0.5) is 0 Å². The molecule has 2 rings (SSSR count). The maximum atomic E-state index is 5.30. The Hall–Kier alpha value is -1.61. The Morgan fingerprint density at radius 3 is 2.94 bits per heavy atom. The van der Waals surface area contributed by atoms with Gasteiger partial charge in [-0.2, -0.15) is 0 Å². The van der Waals surface area contributed by atoms with Crippen LogP contribution in [0.15, 0.2) is 40.9 Å². The van der Waals surface area contributed by atoms with E-state index < -0.39 is 0 Å². The highest BCUT2D eigenvalue weighted by molar-refractivity contribution is 7.11. The fourth-order valence-corrected chi connectivity index (χ4v) is 2.09. The highest BCUT2D eigenvalue weighted by atomic mass is 32.1. The number of hydrogen-bond donors (Lipinski definition) is 0. The van der Waals surface area contributed by atoms with Crippen LogP contribution in [-0.2, 0) is 11.4 Å². The van der Waals surface area contributed by atoms with Crippen LogP contribution in [0, 0.1) is 13.8 Å². The van der Waals surface area contributed by atoms with Gasteiger partial charge in [0.1, 0.15) is 6.61 Å². The van der Waals surface area contributed by atoms with Crippen LogP contribution in [0.1, 0.15) is 21.6 Å². The Bertz CT molecular complexity index is 503. The fraction of sp³-hybridized carbons (Fsp3) is 0.214. The molecule has 1 heterocycles. The second kappa shape index (κ2) is 5.64. The average molecular weight is 245 g/mol. The quantitative estimate of drug-likeness (QED) is 0.591. The van der Waals surface area contributed by atoms with Gasteiger partial charge in [-0.1, -0.05) is 35.0 Å². The van der Waals surface area contributed by atoms with E-state index in [2.05, 4.69) is 37.2 Å². The molecule has 2 aromatic rings. The molecule has 1 aromatic heterocycles. The van der Waals surface area contributed by atoms with Crippen LogP contribution in [0.5, 0.6) is 0 Å². The van der Waals surface area contributed by atoms with Gasteiger partial charge in [-0.05, 0) is 36.4 Å². The van der Waals surface area contributed by atoms with Gasteiger partial charge in [0.25, 0.3) is 0 Å². The van der Waals surface area contributed by atoms with Crippen molar-refractivity contribution in [3.63, 3.8) is 0 Å². The minimum Gasteiger partial charge on any atom is -0.391 e. The Morgan fingerprint density at radius 2 is 2.18 bits per heavy atom. The summed E-state index contributed by atoms with van der Waals surface area (Å²) in [6.45, 7) is 4.69. The van der Waals surface area contributed by atoms with Gasteiger partial charge in [0.05, 0.1) is 6.21 Å². The van der Waals surface area contributed by atoms with E-state index in [0.717, 1.165) is 4.88 Å². The molecule has 0 aliphatic heterocycles. The van der Waals surface area contributed by atoms with Crippen molar-refractivity contribution in [2.24, 2.45) is 5.16 Å². The van der Waals surface area contributed by atoms with Crippen LogP contribution >= 0.6 is 11.3 Å². The SMILES string of the molecule is Cc1ccc(C)c(CON=Cc2cccs2)c1. The predicted octanol–water partition coefficient (Wildman–Crippen LogP) is 3.92. The lowest BCUT2D eigenvalue weighted by atomic mass is 10.1. The van der Waals surface area contributed by atoms with E-state index in [0.29, 0.717) is 6.61 Å². The molecular weight excluding hydrogens is 230 g/mol. The molecule has 1 aromatic carbocycles. The van der Waals surface area contributed by atoms with E-state index in [4.69, 9.17) is 4.84 Å². The van der Waals surface area contributed by atoms with Crippen molar-refractivity contribution < 1.29 is 4.84 Å². The lowest BCUT2D eigenvalue weighted by Crippen LogP contribution is -1.92. The third kappa shape index (κ3) is 3.43. The fourth-order valence-electron chi connectivity index (χ4n) is 1.52. The van der Waals surface area contributed by atoms with Gasteiger partial charge in [-0.15, -0.1) is 11.3 Å². The highest BCUT2D eigenvalue weighted by Crippen LogP contribution is 2.12. The first-order chi connectivity index (χ1) is 8.25. The van der Waals surface area contributed by atoms with E-state index in [1.807, 2.05) is 17.5 Å². The zero-order chi connectivity index (χ0) is 12.1. The van der Waals surface area contributed by atoms with E-state index in [9.17, 15) is 0 Å². The molecule has 0 amide bonds. The van der Waals surface area contributed by atoms with E-state index in [-0.39, 0.29) is 0 Å². The van der Waals surface area contributed by atoms with E-state index in [1.165, 1.54) is 16.7 Å². The van der Waals surface area contributed by atoms with Crippen molar-refractivity contribution in [3.8, 4) is 0 Å². The first kappa shape index (κ1) is 11.9. The summed E-state index contributed by atoms with van der Waals surface area (Å²) in [5.41, 5.74) is 3.67. The number of aryl methyl sites for hydroxylation is 2. The summed E-state index contributed by atoms with van der Waals surface area (Å²) in [5, 5.41) is 5.99. The number of hydrogen-bond acceptors (Lipinski definition) is 3. The molecule has 0 saturated carbocycles. The van der Waals surface area contributed by atoms with Gasteiger partial charge < -0.3 is 4.84 Å². The predicted molar refractivity (Wildman–Crippen MR) is 72.6 cm³/mol. The lowest BCUT2D eigenvalue weighted by molar-refractivity contribution is 0.131. The number of rotatable bonds is 4. The highest BCUT2D eigenvalue weighted by Gasteiger charge is 1.98. The monoisotopic (exact) mass is 245 g/mol. The van der Waals surface area contributed by atoms with Crippen molar-refractivity contribution in [1.82, 2.24) is 0 Å². The topological polar surface area (TPSA) is 21.6 Å². The summed E-state index contributed by atoms with van der Waals surface area (Å²) < 4.78 is 0. The maximum Gasteiger partial charge on any atom is 0.142 e. The van der Waals surface area contributed by atoms with Gasteiger partial charge in [0.15, 0.2) is 0 Å². The number of oxime groups is 1. The minimum absolute atomic E-state index is 0.523. The van der Waals surface area contributed by atoms with Crippen LogP contribution in [-0.4, -0.2) is 6.21 Å². The standard InChI is InChI=1S/C14H15NOS/c1-11-5-6-12(2)13(8-11)10-16-15-9-14-4-3-7-17-14/h3-9H,10H2,1-2H3. The molecule has 0 spiro atoms. The molecule has 0 unspecified atom stereocenters. The first-order valence-corrected chi connectivity index (χ1v) is 6.38. The van der Waals surface area contributed by atoms with Crippen molar-refractivity contribution in [1.29, 1.82) is 0 Å². The number of nitrogens with zero attached hydrogens (tertiary/aromatic N) is 1. The number of benzene rings is 1. The third-order valence-electron chi connectivity index (χ3n) is 2.52. The molecule has 0 saturated heterocycles. The lowest BCUT2D eigenvalue weighted by Gasteiger charge is -2.05. The van der Waals surface area contributed by atoms with Gasteiger partial charge in [-0.25, -0.2) is 0 Å². The largest absolute Gasteiger partial charge is 0.391 e. The van der Waals surface area contributed by atoms with Crippen molar-refractivity contribution in [2.75, 3.05) is 0 Å². The Balaban J connectivity index is 1.92. The van der Waals surface area contributed by atoms with Crippen LogP contribution < -0.4 is 0 Å². The van der Waals surface area contributed by atoms with Gasteiger partial charge in [-0.3, -0.25) is 0 Å². The molecule has 0 aliphatic rings. The van der Waals surface area contributed by atoms with Gasteiger partial charge in [0.2, 0.25) is 0 Å². The second-order valence-corrected chi connectivity index (χ2v) is 4.93. The summed E-state index contributed by atoms with van der Waals surface area (Å²) in [5.74, 6) is 0. The van der Waals surface area contributed by atoms with Crippen LogP contribution in [0.25, 0.3) is 0 Å². The van der Waals surface area contributed by atoms with Crippen LogP contribution in [0.3, 0.4) is 0 Å². The Labute approximate surface area is 106 Å². The summed E-state index contributed by atoms with van der Waals surface area (Å²) in [6, 6.07) is 10.4. The first-order valence-electron chi connectivity index (χ1n) is 5.50. The number of thiophene rings is 1. The molecule has 17 heavy (non-hydrogen) atoms. The normalized spacial score (nSPS) is 10.9. The zero-order valence-corrected chi connectivity index (χ0v) is 10.8. The third-order valence-corrected chi connectivity index (χ3v) is 3.33.